The summed E-state index contributed by atoms with van der Waals surface area (Å²) < 4.78 is 2.17. The van der Waals surface area contributed by atoms with Crippen LogP contribution in [-0.4, -0.2) is 16.1 Å². The second kappa shape index (κ2) is 5.81. The SMILES string of the molecule is CCCC(C)Cn1cnc(CCN)c1. The van der Waals surface area contributed by atoms with Gasteiger partial charge in [-0.15, -0.1) is 0 Å². The molecule has 1 aromatic rings. The zero-order valence-electron chi connectivity index (χ0n) is 9.24. The summed E-state index contributed by atoms with van der Waals surface area (Å²) in [6.07, 6.45) is 7.45. The topological polar surface area (TPSA) is 43.8 Å². The van der Waals surface area contributed by atoms with Crippen LogP contribution in [0.3, 0.4) is 0 Å². The molecule has 1 aromatic heterocycles. The Hall–Kier alpha value is -0.830. The van der Waals surface area contributed by atoms with Gasteiger partial charge in [0.05, 0.1) is 12.0 Å². The van der Waals surface area contributed by atoms with Gasteiger partial charge in [-0.1, -0.05) is 20.3 Å². The lowest BCUT2D eigenvalue weighted by Gasteiger charge is -2.09. The predicted octanol–water partition coefficient (Wildman–Crippen LogP) is 1.82. The molecule has 0 aliphatic carbocycles. The minimum Gasteiger partial charge on any atom is -0.337 e. The third-order valence-corrected chi connectivity index (χ3v) is 2.39. The fourth-order valence-corrected chi connectivity index (χ4v) is 1.73. The van der Waals surface area contributed by atoms with E-state index < -0.39 is 0 Å². The lowest BCUT2D eigenvalue weighted by molar-refractivity contribution is 0.445. The average Bonchev–Trinajstić information content (AvgIpc) is 2.53. The van der Waals surface area contributed by atoms with E-state index >= 15 is 0 Å². The molecule has 1 unspecified atom stereocenters. The van der Waals surface area contributed by atoms with Gasteiger partial charge in [-0.05, 0) is 18.9 Å². The van der Waals surface area contributed by atoms with Crippen LogP contribution in [-0.2, 0) is 13.0 Å². The van der Waals surface area contributed by atoms with Gasteiger partial charge in [0.2, 0.25) is 0 Å². The summed E-state index contributed by atoms with van der Waals surface area (Å²) in [7, 11) is 0. The maximum Gasteiger partial charge on any atom is 0.0949 e. The highest BCUT2D eigenvalue weighted by Crippen LogP contribution is 2.08. The summed E-state index contributed by atoms with van der Waals surface area (Å²) in [5.74, 6) is 0.736. The Kier molecular flexibility index (Phi) is 4.66. The Labute approximate surface area is 86.3 Å². The molecule has 3 nitrogen and oxygen atoms in total. The number of nitrogens with zero attached hydrogens (tertiary/aromatic N) is 2. The highest BCUT2D eigenvalue weighted by Gasteiger charge is 2.03. The molecule has 2 N–H and O–H groups in total. The van der Waals surface area contributed by atoms with Gasteiger partial charge in [0.15, 0.2) is 0 Å². The van der Waals surface area contributed by atoms with E-state index in [9.17, 15) is 0 Å². The molecule has 0 saturated heterocycles. The third-order valence-electron chi connectivity index (χ3n) is 2.39. The molecule has 0 aliphatic rings. The molecule has 0 saturated carbocycles. The molecule has 0 aliphatic heterocycles. The van der Waals surface area contributed by atoms with Crippen molar-refractivity contribution in [2.75, 3.05) is 6.54 Å². The average molecular weight is 195 g/mol. The second-order valence-corrected chi connectivity index (χ2v) is 3.99. The Morgan fingerprint density at radius 1 is 1.57 bits per heavy atom. The summed E-state index contributed by atoms with van der Waals surface area (Å²) in [6, 6.07) is 0. The molecule has 0 spiro atoms. The molecule has 14 heavy (non-hydrogen) atoms. The van der Waals surface area contributed by atoms with Gasteiger partial charge in [-0.3, -0.25) is 0 Å². The first-order chi connectivity index (χ1) is 6.76. The van der Waals surface area contributed by atoms with Gasteiger partial charge in [0, 0.05) is 19.2 Å². The lowest BCUT2D eigenvalue weighted by atomic mass is 10.1. The van der Waals surface area contributed by atoms with Crippen molar-refractivity contribution in [2.24, 2.45) is 11.7 Å². The zero-order chi connectivity index (χ0) is 10.4. The normalized spacial score (nSPS) is 13.1. The van der Waals surface area contributed by atoms with Crippen LogP contribution in [0.4, 0.5) is 0 Å². The maximum absolute atomic E-state index is 5.47. The van der Waals surface area contributed by atoms with Gasteiger partial charge >= 0.3 is 0 Å². The van der Waals surface area contributed by atoms with Gasteiger partial charge in [0.25, 0.3) is 0 Å². The quantitative estimate of drug-likeness (QED) is 0.752. The van der Waals surface area contributed by atoms with Gasteiger partial charge < -0.3 is 10.3 Å². The van der Waals surface area contributed by atoms with Crippen LogP contribution in [0.15, 0.2) is 12.5 Å². The van der Waals surface area contributed by atoms with Gasteiger partial charge in [0.1, 0.15) is 0 Å². The van der Waals surface area contributed by atoms with E-state index in [-0.39, 0.29) is 0 Å². The van der Waals surface area contributed by atoms with Crippen molar-refractivity contribution in [1.82, 2.24) is 9.55 Å². The van der Waals surface area contributed by atoms with Crippen molar-refractivity contribution < 1.29 is 0 Å². The summed E-state index contributed by atoms with van der Waals surface area (Å²) in [6.45, 7) is 6.27. The minimum absolute atomic E-state index is 0.682. The van der Waals surface area contributed by atoms with E-state index in [1.807, 2.05) is 6.33 Å². The van der Waals surface area contributed by atoms with E-state index in [0.717, 1.165) is 24.6 Å². The molecule has 0 bridgehead atoms. The van der Waals surface area contributed by atoms with Crippen molar-refractivity contribution >= 4 is 0 Å². The first kappa shape index (κ1) is 11.2. The van der Waals surface area contributed by atoms with Crippen LogP contribution in [0, 0.1) is 5.92 Å². The van der Waals surface area contributed by atoms with Crippen LogP contribution >= 0.6 is 0 Å². The van der Waals surface area contributed by atoms with Crippen LogP contribution in [0.5, 0.6) is 0 Å². The Bertz CT molecular complexity index is 255. The van der Waals surface area contributed by atoms with Gasteiger partial charge in [-0.2, -0.15) is 0 Å². The van der Waals surface area contributed by atoms with E-state index in [2.05, 4.69) is 29.6 Å². The minimum atomic E-state index is 0.682. The lowest BCUT2D eigenvalue weighted by Crippen LogP contribution is -2.05. The van der Waals surface area contributed by atoms with Gasteiger partial charge in [-0.25, -0.2) is 4.98 Å². The summed E-state index contributed by atoms with van der Waals surface area (Å²) in [5.41, 5.74) is 6.58. The summed E-state index contributed by atoms with van der Waals surface area (Å²) in [4.78, 5) is 4.30. The summed E-state index contributed by atoms with van der Waals surface area (Å²) >= 11 is 0. The van der Waals surface area contributed by atoms with E-state index in [4.69, 9.17) is 5.73 Å². The highest BCUT2D eigenvalue weighted by atomic mass is 15.0. The Morgan fingerprint density at radius 3 is 3.00 bits per heavy atom. The molecular formula is C11H21N3. The van der Waals surface area contributed by atoms with E-state index in [1.54, 1.807) is 0 Å². The molecular weight excluding hydrogens is 174 g/mol. The smallest absolute Gasteiger partial charge is 0.0949 e. The number of aromatic nitrogens is 2. The molecule has 3 heteroatoms. The zero-order valence-corrected chi connectivity index (χ0v) is 9.24. The van der Waals surface area contributed by atoms with Crippen LogP contribution in [0.25, 0.3) is 0 Å². The maximum atomic E-state index is 5.47. The van der Waals surface area contributed by atoms with E-state index in [1.165, 1.54) is 12.8 Å². The third kappa shape index (κ3) is 3.50. The first-order valence-corrected chi connectivity index (χ1v) is 5.47. The Morgan fingerprint density at radius 2 is 2.36 bits per heavy atom. The fourth-order valence-electron chi connectivity index (χ4n) is 1.73. The molecule has 1 heterocycles. The van der Waals surface area contributed by atoms with Crippen molar-refractivity contribution in [1.29, 1.82) is 0 Å². The molecule has 80 valence electrons. The molecule has 1 atom stereocenters. The highest BCUT2D eigenvalue weighted by molar-refractivity contribution is 4.97. The van der Waals surface area contributed by atoms with Crippen LogP contribution < -0.4 is 5.73 Å². The molecule has 0 radical (unpaired) electrons. The number of rotatable bonds is 6. The molecule has 0 aromatic carbocycles. The van der Waals surface area contributed by atoms with Crippen molar-refractivity contribution in [3.63, 3.8) is 0 Å². The summed E-state index contributed by atoms with van der Waals surface area (Å²) in [5, 5.41) is 0. The standard InChI is InChI=1S/C11H21N3/c1-3-4-10(2)7-14-8-11(5-6-12)13-9-14/h8-10H,3-7,12H2,1-2H3. The first-order valence-electron chi connectivity index (χ1n) is 5.47. The molecule has 1 rings (SSSR count). The predicted molar refractivity (Wildman–Crippen MR) is 59.1 cm³/mol. The van der Waals surface area contributed by atoms with E-state index in [0.29, 0.717) is 6.54 Å². The van der Waals surface area contributed by atoms with Crippen LogP contribution in [0.2, 0.25) is 0 Å². The molecule has 0 amide bonds. The largest absolute Gasteiger partial charge is 0.337 e. The van der Waals surface area contributed by atoms with Crippen molar-refractivity contribution in [2.45, 2.75) is 39.7 Å². The van der Waals surface area contributed by atoms with Crippen molar-refractivity contribution in [3.05, 3.63) is 18.2 Å². The number of hydrogen-bond acceptors (Lipinski definition) is 2. The van der Waals surface area contributed by atoms with Crippen molar-refractivity contribution in [3.8, 4) is 0 Å². The number of nitrogens with two attached hydrogens (primary N) is 1. The fraction of sp³-hybridized carbons (Fsp3) is 0.727. The number of imidazole rings is 1. The number of hydrogen-bond donors (Lipinski definition) is 1. The molecule has 0 fully saturated rings. The second-order valence-electron chi connectivity index (χ2n) is 3.99. The Balaban J connectivity index is 2.42. The monoisotopic (exact) mass is 195 g/mol. The van der Waals surface area contributed by atoms with Crippen LogP contribution in [0.1, 0.15) is 32.4 Å².